The predicted octanol–water partition coefficient (Wildman–Crippen LogP) is 3.17. The molecule has 1 aliphatic rings. The summed E-state index contributed by atoms with van der Waals surface area (Å²) >= 11 is 0. The van der Waals surface area contributed by atoms with Crippen molar-refractivity contribution in [1.82, 2.24) is 4.98 Å². The molecule has 2 nitrogen and oxygen atoms in total. The number of hydrogen-bond donors (Lipinski definition) is 0. The SMILES string of the molecule is Cc1c[n+]2c(c(C)n1)-c1c(ccc3ccccc13)C2. The molecular formula is C17H15N2+. The Labute approximate surface area is 112 Å². The number of aryl methyl sites for hydroxylation is 2. The van der Waals surface area contributed by atoms with Crippen LogP contribution in [0.1, 0.15) is 17.0 Å². The number of fused-ring (bicyclic) bond motifs is 5. The summed E-state index contributed by atoms with van der Waals surface area (Å²) in [5.41, 5.74) is 6.24. The highest BCUT2D eigenvalue weighted by atomic mass is 15.0. The van der Waals surface area contributed by atoms with Crippen LogP contribution in [0.3, 0.4) is 0 Å². The van der Waals surface area contributed by atoms with E-state index in [1.54, 1.807) is 0 Å². The zero-order valence-corrected chi connectivity index (χ0v) is 11.1. The Morgan fingerprint density at radius 3 is 2.79 bits per heavy atom. The van der Waals surface area contributed by atoms with E-state index in [0.29, 0.717) is 0 Å². The van der Waals surface area contributed by atoms with Crippen LogP contribution in [0.4, 0.5) is 0 Å². The van der Waals surface area contributed by atoms with Crippen molar-refractivity contribution in [2.75, 3.05) is 0 Å². The minimum absolute atomic E-state index is 0.958. The molecule has 92 valence electrons. The number of nitrogens with zero attached hydrogens (tertiary/aromatic N) is 2. The highest BCUT2D eigenvalue weighted by molar-refractivity contribution is 5.97. The molecule has 0 aliphatic carbocycles. The van der Waals surface area contributed by atoms with Gasteiger partial charge in [0, 0.05) is 5.56 Å². The van der Waals surface area contributed by atoms with E-state index >= 15 is 0 Å². The van der Waals surface area contributed by atoms with Crippen molar-refractivity contribution < 1.29 is 4.57 Å². The van der Waals surface area contributed by atoms with Gasteiger partial charge in [-0.25, -0.2) is 4.98 Å². The summed E-state index contributed by atoms with van der Waals surface area (Å²) in [6, 6.07) is 13.1. The van der Waals surface area contributed by atoms with Crippen LogP contribution in [0.15, 0.2) is 42.6 Å². The summed E-state index contributed by atoms with van der Waals surface area (Å²) in [6.07, 6.45) is 2.15. The van der Waals surface area contributed by atoms with Crippen LogP contribution in [-0.4, -0.2) is 4.98 Å². The largest absolute Gasteiger partial charge is 0.245 e. The molecule has 3 aromatic rings. The summed E-state index contributed by atoms with van der Waals surface area (Å²) in [6.45, 7) is 5.12. The van der Waals surface area contributed by atoms with Crippen LogP contribution in [0.2, 0.25) is 0 Å². The molecule has 0 saturated heterocycles. The number of hydrogen-bond acceptors (Lipinski definition) is 1. The van der Waals surface area contributed by atoms with Crippen molar-refractivity contribution in [3.63, 3.8) is 0 Å². The monoisotopic (exact) mass is 247 g/mol. The van der Waals surface area contributed by atoms with Gasteiger partial charge in [-0.2, -0.15) is 4.57 Å². The second kappa shape index (κ2) is 3.64. The second-order valence-electron chi connectivity index (χ2n) is 5.27. The summed E-state index contributed by atoms with van der Waals surface area (Å²) < 4.78 is 2.33. The van der Waals surface area contributed by atoms with Crippen LogP contribution < -0.4 is 4.57 Å². The van der Waals surface area contributed by atoms with Crippen molar-refractivity contribution in [3.8, 4) is 11.3 Å². The fraction of sp³-hybridized carbons (Fsp3) is 0.176. The maximum atomic E-state index is 4.63. The first-order valence-electron chi connectivity index (χ1n) is 6.63. The highest BCUT2D eigenvalue weighted by Crippen LogP contribution is 2.35. The van der Waals surface area contributed by atoms with Crippen molar-refractivity contribution in [2.45, 2.75) is 20.4 Å². The van der Waals surface area contributed by atoms with Crippen LogP contribution in [-0.2, 0) is 6.54 Å². The molecule has 2 heterocycles. The third-order valence-corrected chi connectivity index (χ3v) is 3.91. The Morgan fingerprint density at radius 2 is 1.89 bits per heavy atom. The van der Waals surface area contributed by atoms with E-state index in [1.807, 2.05) is 0 Å². The third kappa shape index (κ3) is 1.43. The highest BCUT2D eigenvalue weighted by Gasteiger charge is 2.30. The molecule has 2 aromatic carbocycles. The first kappa shape index (κ1) is 10.7. The van der Waals surface area contributed by atoms with E-state index in [0.717, 1.165) is 17.9 Å². The lowest BCUT2D eigenvalue weighted by Gasteiger charge is -2.03. The predicted molar refractivity (Wildman–Crippen MR) is 76.0 cm³/mol. The summed E-state index contributed by atoms with van der Waals surface area (Å²) in [5, 5.41) is 2.63. The van der Waals surface area contributed by atoms with Crippen LogP contribution in [0.5, 0.6) is 0 Å². The van der Waals surface area contributed by atoms with Crippen LogP contribution >= 0.6 is 0 Å². The topological polar surface area (TPSA) is 16.8 Å². The summed E-state index contributed by atoms with van der Waals surface area (Å²) in [7, 11) is 0. The van der Waals surface area contributed by atoms with Crippen molar-refractivity contribution in [2.24, 2.45) is 0 Å². The molecule has 0 amide bonds. The van der Waals surface area contributed by atoms with Crippen molar-refractivity contribution in [3.05, 3.63) is 59.5 Å². The van der Waals surface area contributed by atoms with Crippen LogP contribution in [0, 0.1) is 13.8 Å². The van der Waals surface area contributed by atoms with Gasteiger partial charge in [0.05, 0.1) is 5.56 Å². The molecule has 0 fully saturated rings. The Kier molecular flexibility index (Phi) is 2.05. The Balaban J connectivity index is 2.15. The summed E-state index contributed by atoms with van der Waals surface area (Å²) in [4.78, 5) is 4.63. The third-order valence-electron chi connectivity index (χ3n) is 3.91. The molecule has 19 heavy (non-hydrogen) atoms. The zero-order valence-electron chi connectivity index (χ0n) is 11.1. The van der Waals surface area contributed by atoms with Gasteiger partial charge < -0.3 is 0 Å². The molecule has 4 rings (SSSR count). The first-order valence-corrected chi connectivity index (χ1v) is 6.63. The van der Waals surface area contributed by atoms with Gasteiger partial charge in [0.25, 0.3) is 0 Å². The smallest absolute Gasteiger partial charge is 0.235 e. The normalized spacial score (nSPS) is 12.5. The minimum Gasteiger partial charge on any atom is -0.245 e. The lowest BCUT2D eigenvalue weighted by Crippen LogP contribution is -2.33. The fourth-order valence-corrected chi connectivity index (χ4v) is 3.21. The fourth-order valence-electron chi connectivity index (χ4n) is 3.21. The molecule has 0 spiro atoms. The van der Waals surface area contributed by atoms with Crippen molar-refractivity contribution >= 4 is 10.8 Å². The van der Waals surface area contributed by atoms with Gasteiger partial charge in [0.15, 0.2) is 12.7 Å². The van der Waals surface area contributed by atoms with Gasteiger partial charge in [0.2, 0.25) is 5.69 Å². The maximum Gasteiger partial charge on any atom is 0.235 e. The standard InChI is InChI=1S/C17H15N2/c1-11-9-19-10-14-8-7-13-5-3-4-6-15(13)16(14)17(19)12(2)18-11/h3-9H,10H2,1-2H3/q+1. The Morgan fingerprint density at radius 1 is 1.05 bits per heavy atom. The molecule has 1 aliphatic heterocycles. The Hall–Kier alpha value is -2.22. The average Bonchev–Trinajstić information content (AvgIpc) is 2.77. The molecule has 0 unspecified atom stereocenters. The molecule has 0 bridgehead atoms. The van der Waals surface area contributed by atoms with E-state index in [4.69, 9.17) is 0 Å². The van der Waals surface area contributed by atoms with Gasteiger partial charge in [-0.1, -0.05) is 36.4 Å². The zero-order chi connectivity index (χ0) is 13.0. The van der Waals surface area contributed by atoms with Gasteiger partial charge in [-0.3, -0.25) is 0 Å². The number of benzene rings is 2. The minimum atomic E-state index is 0.958. The van der Waals surface area contributed by atoms with E-state index in [9.17, 15) is 0 Å². The molecular weight excluding hydrogens is 232 g/mol. The Bertz CT molecular complexity index is 819. The lowest BCUT2D eigenvalue weighted by atomic mass is 9.98. The van der Waals surface area contributed by atoms with Crippen LogP contribution in [0.25, 0.3) is 22.0 Å². The van der Waals surface area contributed by atoms with E-state index in [1.165, 1.54) is 27.6 Å². The summed E-state index contributed by atoms with van der Waals surface area (Å²) in [5.74, 6) is 0. The van der Waals surface area contributed by atoms with Gasteiger partial charge >= 0.3 is 0 Å². The van der Waals surface area contributed by atoms with E-state index in [-0.39, 0.29) is 0 Å². The molecule has 1 aromatic heterocycles. The number of rotatable bonds is 0. The number of aromatic nitrogens is 2. The maximum absolute atomic E-state index is 4.63. The van der Waals surface area contributed by atoms with Crippen molar-refractivity contribution in [1.29, 1.82) is 0 Å². The molecule has 0 N–H and O–H groups in total. The quantitative estimate of drug-likeness (QED) is 0.436. The van der Waals surface area contributed by atoms with Gasteiger partial charge in [0.1, 0.15) is 11.4 Å². The van der Waals surface area contributed by atoms with E-state index in [2.05, 4.69) is 66.0 Å². The molecule has 0 atom stereocenters. The molecule has 2 heteroatoms. The van der Waals surface area contributed by atoms with E-state index < -0.39 is 0 Å². The van der Waals surface area contributed by atoms with Gasteiger partial charge in [-0.15, -0.1) is 0 Å². The van der Waals surface area contributed by atoms with Gasteiger partial charge in [-0.05, 0) is 24.6 Å². The second-order valence-corrected chi connectivity index (χ2v) is 5.27. The lowest BCUT2D eigenvalue weighted by molar-refractivity contribution is -0.673. The average molecular weight is 247 g/mol. The first-order chi connectivity index (χ1) is 9.24. The molecule has 0 radical (unpaired) electrons. The molecule has 0 saturated carbocycles.